The molecule has 0 spiro atoms. The minimum absolute atomic E-state index is 0.0110. The number of rotatable bonds is 3. The molecular formula is C16H24N2O4S. The van der Waals surface area contributed by atoms with Crippen LogP contribution in [0.25, 0.3) is 0 Å². The van der Waals surface area contributed by atoms with Crippen LogP contribution in [0.1, 0.15) is 38.6 Å². The second-order valence-corrected chi connectivity index (χ2v) is 7.69. The van der Waals surface area contributed by atoms with E-state index in [9.17, 15) is 14.7 Å². The predicted molar refractivity (Wildman–Crippen MR) is 88.7 cm³/mol. The molecule has 1 aromatic heterocycles. The number of amides is 1. The summed E-state index contributed by atoms with van der Waals surface area (Å²) in [5.41, 5.74) is -0.586. The fourth-order valence-corrected chi connectivity index (χ4v) is 3.47. The predicted octanol–water partition coefficient (Wildman–Crippen LogP) is 2.82. The van der Waals surface area contributed by atoms with Gasteiger partial charge in [-0.2, -0.15) is 0 Å². The third-order valence-electron chi connectivity index (χ3n) is 3.81. The summed E-state index contributed by atoms with van der Waals surface area (Å²) in [5.74, 6) is -0.915. The summed E-state index contributed by atoms with van der Waals surface area (Å²) in [6.07, 6.45) is -0.452. The van der Waals surface area contributed by atoms with Crippen LogP contribution in [0.5, 0.6) is 0 Å². The second-order valence-electron chi connectivity index (χ2n) is 6.71. The molecule has 0 bridgehead atoms. The Hall–Kier alpha value is -1.60. The van der Waals surface area contributed by atoms with Crippen LogP contribution >= 0.6 is 11.3 Å². The summed E-state index contributed by atoms with van der Waals surface area (Å²) in [6.45, 7) is 8.52. The van der Waals surface area contributed by atoms with Crippen LogP contribution < -0.4 is 0 Å². The number of ether oxygens (including phenoxy) is 1. The van der Waals surface area contributed by atoms with Gasteiger partial charge >= 0.3 is 12.1 Å². The first-order chi connectivity index (χ1) is 10.7. The van der Waals surface area contributed by atoms with Gasteiger partial charge in [-0.25, -0.2) is 4.79 Å². The largest absolute Gasteiger partial charge is 0.480 e. The van der Waals surface area contributed by atoms with Gasteiger partial charge in [0.15, 0.2) is 0 Å². The molecule has 1 aliphatic heterocycles. The molecular weight excluding hydrogens is 316 g/mol. The van der Waals surface area contributed by atoms with Gasteiger partial charge in [0.05, 0.1) is 6.54 Å². The number of hydrogen-bond acceptors (Lipinski definition) is 5. The number of thiophene rings is 1. The van der Waals surface area contributed by atoms with Crippen molar-refractivity contribution in [3.63, 3.8) is 0 Å². The molecule has 1 fully saturated rings. The van der Waals surface area contributed by atoms with Crippen molar-refractivity contribution < 1.29 is 19.4 Å². The fourth-order valence-electron chi connectivity index (χ4n) is 2.67. The Kier molecular flexibility index (Phi) is 5.31. The smallest absolute Gasteiger partial charge is 0.410 e. The molecule has 1 saturated heterocycles. The van der Waals surface area contributed by atoms with Gasteiger partial charge in [-0.1, -0.05) is 6.07 Å². The van der Waals surface area contributed by atoms with E-state index >= 15 is 0 Å². The molecule has 128 valence electrons. The van der Waals surface area contributed by atoms with Crippen LogP contribution in [0.15, 0.2) is 17.5 Å². The van der Waals surface area contributed by atoms with Crippen molar-refractivity contribution in [1.82, 2.24) is 9.80 Å². The third-order valence-corrected chi connectivity index (χ3v) is 4.85. The lowest BCUT2D eigenvalue weighted by atomic mass is 10.1. The van der Waals surface area contributed by atoms with E-state index in [0.717, 1.165) is 4.88 Å². The normalized spacial score (nSPS) is 21.0. The first-order valence-electron chi connectivity index (χ1n) is 7.69. The molecule has 1 N–H and O–H groups in total. The molecule has 1 aliphatic rings. The first-order valence-corrected chi connectivity index (χ1v) is 8.57. The van der Waals surface area contributed by atoms with Crippen LogP contribution in [-0.2, 0) is 9.53 Å². The maximum Gasteiger partial charge on any atom is 0.410 e. The molecule has 2 heterocycles. The minimum Gasteiger partial charge on any atom is -0.480 e. The van der Waals surface area contributed by atoms with Crippen LogP contribution in [-0.4, -0.2) is 58.2 Å². The highest BCUT2D eigenvalue weighted by molar-refractivity contribution is 7.10. The maximum absolute atomic E-state index is 12.2. The zero-order valence-electron chi connectivity index (χ0n) is 14.0. The van der Waals surface area contributed by atoms with E-state index in [4.69, 9.17) is 4.74 Å². The summed E-state index contributed by atoms with van der Waals surface area (Å²) in [7, 11) is 0. The lowest BCUT2D eigenvalue weighted by Gasteiger charge is -2.42. The Bertz CT molecular complexity index is 553. The molecule has 23 heavy (non-hydrogen) atoms. The maximum atomic E-state index is 12.2. The lowest BCUT2D eigenvalue weighted by molar-refractivity contribution is -0.146. The third kappa shape index (κ3) is 4.45. The highest BCUT2D eigenvalue weighted by atomic mass is 32.1. The van der Waals surface area contributed by atoms with E-state index < -0.39 is 23.7 Å². The van der Waals surface area contributed by atoms with Gasteiger partial charge in [0, 0.05) is 24.0 Å². The molecule has 2 atom stereocenters. The number of carbonyl (C=O) groups excluding carboxylic acids is 1. The molecule has 6 nitrogen and oxygen atoms in total. The average molecular weight is 340 g/mol. The highest BCUT2D eigenvalue weighted by Crippen LogP contribution is 2.28. The monoisotopic (exact) mass is 340 g/mol. The van der Waals surface area contributed by atoms with Crippen molar-refractivity contribution in [2.45, 2.75) is 45.4 Å². The standard InChI is InChI=1S/C16H24N2O4S/c1-11(13-6-5-9-23-13)18-8-7-17(10-12(18)14(19)20)15(21)22-16(2,3)4/h5-6,9,11-12H,7-8,10H2,1-4H3,(H,19,20)/t11-,12-/m1/s1. The molecule has 1 aromatic rings. The van der Waals surface area contributed by atoms with Gasteiger partial charge in [-0.15, -0.1) is 11.3 Å². The van der Waals surface area contributed by atoms with E-state index in [-0.39, 0.29) is 12.6 Å². The van der Waals surface area contributed by atoms with Crippen molar-refractivity contribution >= 4 is 23.4 Å². The van der Waals surface area contributed by atoms with Gasteiger partial charge < -0.3 is 14.7 Å². The van der Waals surface area contributed by atoms with Gasteiger partial charge in [-0.05, 0) is 39.1 Å². The number of piperazine rings is 1. The van der Waals surface area contributed by atoms with Crippen LogP contribution in [0.3, 0.4) is 0 Å². The van der Waals surface area contributed by atoms with Crippen LogP contribution in [0.2, 0.25) is 0 Å². The Balaban J connectivity index is 2.09. The number of hydrogen-bond donors (Lipinski definition) is 1. The van der Waals surface area contributed by atoms with Crippen molar-refractivity contribution in [2.75, 3.05) is 19.6 Å². The number of carboxylic acid groups (broad SMARTS) is 1. The molecule has 0 saturated carbocycles. The Morgan fingerprint density at radius 2 is 2.09 bits per heavy atom. The molecule has 7 heteroatoms. The highest BCUT2D eigenvalue weighted by Gasteiger charge is 2.38. The van der Waals surface area contributed by atoms with Crippen molar-refractivity contribution in [2.24, 2.45) is 0 Å². The summed E-state index contributed by atoms with van der Waals surface area (Å²) in [6, 6.07) is 3.25. The zero-order valence-corrected chi connectivity index (χ0v) is 14.8. The van der Waals surface area contributed by atoms with Gasteiger partial charge in [0.25, 0.3) is 0 Å². The van der Waals surface area contributed by atoms with Crippen LogP contribution in [0.4, 0.5) is 4.79 Å². The van der Waals surface area contributed by atoms with E-state index in [1.54, 1.807) is 32.1 Å². The summed E-state index contributed by atoms with van der Waals surface area (Å²) in [5, 5.41) is 11.6. The van der Waals surface area contributed by atoms with Gasteiger partial charge in [-0.3, -0.25) is 9.69 Å². The molecule has 0 aliphatic carbocycles. The summed E-state index contributed by atoms with van der Waals surface area (Å²) >= 11 is 1.61. The zero-order chi connectivity index (χ0) is 17.2. The fraction of sp³-hybridized carbons (Fsp3) is 0.625. The molecule has 0 radical (unpaired) electrons. The number of nitrogens with zero attached hydrogens (tertiary/aromatic N) is 2. The Morgan fingerprint density at radius 3 is 2.61 bits per heavy atom. The van der Waals surface area contributed by atoms with Crippen molar-refractivity contribution in [3.8, 4) is 0 Å². The van der Waals surface area contributed by atoms with E-state index in [0.29, 0.717) is 13.1 Å². The first kappa shape index (κ1) is 17.7. The van der Waals surface area contributed by atoms with Gasteiger partial charge in [0.2, 0.25) is 0 Å². The lowest BCUT2D eigenvalue weighted by Crippen LogP contribution is -2.58. The molecule has 0 unspecified atom stereocenters. The summed E-state index contributed by atoms with van der Waals surface area (Å²) in [4.78, 5) is 28.4. The SMILES string of the molecule is C[C@H](c1cccs1)N1CCN(C(=O)OC(C)(C)C)C[C@@H]1C(=O)O. The topological polar surface area (TPSA) is 70.1 Å². The van der Waals surface area contributed by atoms with Gasteiger partial charge in [0.1, 0.15) is 11.6 Å². The van der Waals surface area contributed by atoms with Crippen molar-refractivity contribution in [3.05, 3.63) is 22.4 Å². The van der Waals surface area contributed by atoms with Crippen molar-refractivity contribution in [1.29, 1.82) is 0 Å². The Labute approximate surface area is 140 Å². The van der Waals surface area contributed by atoms with Crippen LogP contribution in [0, 0.1) is 0 Å². The van der Waals surface area contributed by atoms with E-state index in [2.05, 4.69) is 0 Å². The second kappa shape index (κ2) is 6.88. The molecule has 2 rings (SSSR count). The molecule has 0 aromatic carbocycles. The quantitative estimate of drug-likeness (QED) is 0.916. The van der Waals surface area contributed by atoms with E-state index in [1.807, 2.05) is 29.3 Å². The average Bonchev–Trinajstić information content (AvgIpc) is 2.98. The minimum atomic E-state index is -0.915. The van der Waals surface area contributed by atoms with E-state index in [1.165, 1.54) is 4.90 Å². The Morgan fingerprint density at radius 1 is 1.39 bits per heavy atom. The number of aliphatic carboxylic acids is 1. The number of carbonyl (C=O) groups is 2. The molecule has 1 amide bonds. The summed E-state index contributed by atoms with van der Waals surface area (Å²) < 4.78 is 5.35. The number of carboxylic acids is 1.